The molecule has 5 N–H and O–H groups in total. The van der Waals surface area contributed by atoms with E-state index in [9.17, 15) is 9.90 Å². The van der Waals surface area contributed by atoms with Crippen molar-refractivity contribution in [2.24, 2.45) is 10.7 Å². The van der Waals surface area contributed by atoms with E-state index in [4.69, 9.17) is 10.8 Å². The minimum absolute atomic E-state index is 0.0940. The van der Waals surface area contributed by atoms with Crippen molar-refractivity contribution in [2.75, 3.05) is 13.3 Å². The van der Waals surface area contributed by atoms with Crippen LogP contribution in [0.3, 0.4) is 0 Å². The molecule has 0 bridgehead atoms. The maximum absolute atomic E-state index is 11.6. The number of carbonyl (C=O) groups excluding carboxylic acids is 1. The molecular weight excluding hydrogens is 232 g/mol. The second-order valence-electron chi connectivity index (χ2n) is 3.70. The van der Waals surface area contributed by atoms with Gasteiger partial charge in [-0.2, -0.15) is 0 Å². The van der Waals surface area contributed by atoms with E-state index in [0.717, 1.165) is 0 Å². The van der Waals surface area contributed by atoms with Gasteiger partial charge in [0.15, 0.2) is 5.96 Å². The lowest BCUT2D eigenvalue weighted by Gasteiger charge is -2.29. The monoisotopic (exact) mass is 246 g/mol. The minimum Gasteiger partial charge on any atom is -0.395 e. The maximum Gasteiger partial charge on any atom is 0.326 e. The first kappa shape index (κ1) is 11.5. The number of aliphatic imine (C=N–C) groups is 1. The molecule has 0 aromatic rings. The SMILES string of the molecule is NC1=NCN(C2CC(O)C(CO)S2)C(=O)N1. The number of nitrogens with two attached hydrogens (primary N) is 1. The molecule has 0 spiro atoms. The van der Waals surface area contributed by atoms with E-state index in [1.165, 1.54) is 16.7 Å². The van der Waals surface area contributed by atoms with Gasteiger partial charge in [0.05, 0.1) is 23.3 Å². The number of nitrogens with zero attached hydrogens (tertiary/aromatic N) is 2. The Hall–Kier alpha value is -0.990. The smallest absolute Gasteiger partial charge is 0.326 e. The summed E-state index contributed by atoms with van der Waals surface area (Å²) >= 11 is 1.39. The summed E-state index contributed by atoms with van der Waals surface area (Å²) in [6.45, 7) is 0.101. The first-order valence-corrected chi connectivity index (χ1v) is 5.88. The molecule has 1 fully saturated rings. The highest BCUT2D eigenvalue weighted by Gasteiger charge is 2.39. The number of aliphatic hydroxyl groups excluding tert-OH is 2. The van der Waals surface area contributed by atoms with E-state index in [1.807, 2.05) is 0 Å². The summed E-state index contributed by atoms with van der Waals surface area (Å²) in [6, 6.07) is -0.309. The third-order valence-electron chi connectivity index (χ3n) is 2.62. The van der Waals surface area contributed by atoms with E-state index in [2.05, 4.69) is 10.3 Å². The topological polar surface area (TPSA) is 111 Å². The molecule has 8 heteroatoms. The van der Waals surface area contributed by atoms with Crippen LogP contribution in [0.1, 0.15) is 6.42 Å². The lowest BCUT2D eigenvalue weighted by Crippen LogP contribution is -2.53. The summed E-state index contributed by atoms with van der Waals surface area (Å²) in [4.78, 5) is 17.0. The van der Waals surface area contributed by atoms with Gasteiger partial charge >= 0.3 is 6.03 Å². The second kappa shape index (κ2) is 4.48. The molecule has 3 unspecified atom stereocenters. The van der Waals surface area contributed by atoms with Crippen LogP contribution >= 0.6 is 11.8 Å². The fourth-order valence-electron chi connectivity index (χ4n) is 1.73. The zero-order valence-corrected chi connectivity index (χ0v) is 9.35. The zero-order chi connectivity index (χ0) is 11.7. The normalized spacial score (nSPS) is 34.9. The van der Waals surface area contributed by atoms with Crippen molar-refractivity contribution in [1.29, 1.82) is 0 Å². The molecule has 0 aromatic heterocycles. The van der Waals surface area contributed by atoms with Crippen molar-refractivity contribution in [1.82, 2.24) is 10.2 Å². The Morgan fingerprint density at radius 1 is 1.69 bits per heavy atom. The lowest BCUT2D eigenvalue weighted by atomic mass is 10.2. The Bertz CT molecular complexity index is 324. The predicted octanol–water partition coefficient (Wildman–Crippen LogP) is -1.53. The summed E-state index contributed by atoms with van der Waals surface area (Å²) in [5, 5.41) is 20.7. The highest BCUT2D eigenvalue weighted by atomic mass is 32.2. The van der Waals surface area contributed by atoms with E-state index in [1.54, 1.807) is 0 Å². The number of hydrogen-bond acceptors (Lipinski definition) is 6. The summed E-state index contributed by atoms with van der Waals surface area (Å²) in [5.74, 6) is 0.114. The van der Waals surface area contributed by atoms with Gasteiger partial charge in [-0.05, 0) is 0 Å². The van der Waals surface area contributed by atoms with Gasteiger partial charge in [0.1, 0.15) is 6.67 Å². The van der Waals surface area contributed by atoms with E-state index in [-0.39, 0.29) is 35.9 Å². The third kappa shape index (κ3) is 2.08. The van der Waals surface area contributed by atoms with E-state index in [0.29, 0.717) is 6.42 Å². The summed E-state index contributed by atoms with van der Waals surface area (Å²) in [5.41, 5.74) is 5.36. The molecule has 2 heterocycles. The number of hydrogen-bond donors (Lipinski definition) is 4. The van der Waals surface area contributed by atoms with Crippen molar-refractivity contribution >= 4 is 23.8 Å². The van der Waals surface area contributed by atoms with Gasteiger partial charge < -0.3 is 15.9 Å². The fourth-order valence-corrected chi connectivity index (χ4v) is 3.13. The molecule has 2 amide bonds. The molecule has 2 aliphatic rings. The van der Waals surface area contributed by atoms with Crippen LogP contribution in [0.2, 0.25) is 0 Å². The number of thioether (sulfide) groups is 1. The largest absolute Gasteiger partial charge is 0.395 e. The first-order valence-electron chi connectivity index (χ1n) is 4.93. The van der Waals surface area contributed by atoms with E-state index < -0.39 is 6.10 Å². The van der Waals surface area contributed by atoms with Crippen LogP contribution in [0.15, 0.2) is 4.99 Å². The summed E-state index contributed by atoms with van der Waals surface area (Å²) < 4.78 is 0. The Kier molecular flexibility index (Phi) is 3.22. The van der Waals surface area contributed by atoms with Crippen molar-refractivity contribution in [2.45, 2.75) is 23.1 Å². The Balaban J connectivity index is 2.02. The van der Waals surface area contributed by atoms with Crippen LogP contribution in [-0.2, 0) is 0 Å². The zero-order valence-electron chi connectivity index (χ0n) is 8.54. The van der Waals surface area contributed by atoms with Gasteiger partial charge in [-0.25, -0.2) is 9.79 Å². The van der Waals surface area contributed by atoms with Crippen LogP contribution in [0.25, 0.3) is 0 Å². The van der Waals surface area contributed by atoms with Crippen LogP contribution in [-0.4, -0.2) is 57.1 Å². The molecule has 0 aromatic carbocycles. The van der Waals surface area contributed by atoms with Crippen LogP contribution in [0, 0.1) is 0 Å². The number of carbonyl (C=O) groups is 1. The molecule has 2 aliphatic heterocycles. The number of rotatable bonds is 2. The molecule has 0 saturated carbocycles. The standard InChI is InChI=1S/C8H14N4O3S/c9-7-10-3-12(8(15)11-7)6-1-4(14)5(2-13)16-6/h4-6,13-14H,1-3H2,(H3,9,10,11,15). The first-order chi connectivity index (χ1) is 7.61. The van der Waals surface area contributed by atoms with Crippen molar-refractivity contribution in [3.8, 4) is 0 Å². The highest BCUT2D eigenvalue weighted by molar-refractivity contribution is 8.00. The third-order valence-corrected chi connectivity index (χ3v) is 4.19. The average molecular weight is 246 g/mol. The average Bonchev–Trinajstić information content (AvgIpc) is 2.59. The van der Waals surface area contributed by atoms with Crippen LogP contribution in [0.5, 0.6) is 0 Å². The van der Waals surface area contributed by atoms with Gasteiger partial charge in [0.25, 0.3) is 0 Å². The number of amides is 2. The molecule has 0 radical (unpaired) electrons. The number of urea groups is 1. The highest BCUT2D eigenvalue weighted by Crippen LogP contribution is 2.36. The van der Waals surface area contributed by atoms with Gasteiger partial charge in [-0.1, -0.05) is 0 Å². The lowest BCUT2D eigenvalue weighted by molar-refractivity contribution is 0.127. The van der Waals surface area contributed by atoms with Crippen molar-refractivity contribution in [3.05, 3.63) is 0 Å². The quantitative estimate of drug-likeness (QED) is 0.472. The van der Waals surface area contributed by atoms with Crippen LogP contribution < -0.4 is 11.1 Å². The molecule has 3 atom stereocenters. The van der Waals surface area contributed by atoms with Crippen molar-refractivity contribution in [3.63, 3.8) is 0 Å². The number of nitrogens with one attached hydrogen (secondary N) is 1. The van der Waals surface area contributed by atoms with Gasteiger partial charge in [-0.3, -0.25) is 10.2 Å². The second-order valence-corrected chi connectivity index (χ2v) is 5.12. The Labute approximate surface area is 96.7 Å². The Morgan fingerprint density at radius 3 is 3.00 bits per heavy atom. The van der Waals surface area contributed by atoms with Crippen molar-refractivity contribution < 1.29 is 15.0 Å². The number of guanidine groups is 1. The van der Waals surface area contributed by atoms with Gasteiger partial charge in [-0.15, -0.1) is 11.8 Å². The van der Waals surface area contributed by atoms with Gasteiger partial charge in [0, 0.05) is 6.42 Å². The maximum atomic E-state index is 11.6. The number of aliphatic hydroxyl groups is 2. The minimum atomic E-state index is -0.587. The fraction of sp³-hybridized carbons (Fsp3) is 0.750. The molecular formula is C8H14N4O3S. The molecule has 7 nitrogen and oxygen atoms in total. The molecule has 1 saturated heterocycles. The van der Waals surface area contributed by atoms with E-state index >= 15 is 0 Å². The molecule has 0 aliphatic carbocycles. The van der Waals surface area contributed by atoms with Crippen LogP contribution in [0.4, 0.5) is 4.79 Å². The molecule has 90 valence electrons. The predicted molar refractivity (Wildman–Crippen MR) is 59.7 cm³/mol. The molecule has 16 heavy (non-hydrogen) atoms. The molecule has 2 rings (SSSR count). The Morgan fingerprint density at radius 2 is 2.44 bits per heavy atom. The van der Waals surface area contributed by atoms with Gasteiger partial charge in [0.2, 0.25) is 0 Å². The summed E-state index contributed by atoms with van der Waals surface area (Å²) in [7, 11) is 0. The summed E-state index contributed by atoms with van der Waals surface area (Å²) in [6.07, 6.45) is -0.144.